The summed E-state index contributed by atoms with van der Waals surface area (Å²) in [4.78, 5) is 16.2. The van der Waals surface area contributed by atoms with Gasteiger partial charge in [0.25, 0.3) is 0 Å². The SMILES string of the molecule is COC(SC)C(=O)c1[nH]c2cc(Cl)c(Br)cc2c1-c1cccc(Br)c1. The zero-order valence-electron chi connectivity index (χ0n) is 13.4. The second-order valence-corrected chi connectivity index (χ2v) is 8.44. The molecule has 0 saturated carbocycles. The van der Waals surface area contributed by atoms with Crippen molar-refractivity contribution in [2.24, 2.45) is 0 Å². The lowest BCUT2D eigenvalue weighted by molar-refractivity contribution is 0.0791. The first-order valence-electron chi connectivity index (χ1n) is 7.32. The van der Waals surface area contributed by atoms with Crippen molar-refractivity contribution >= 4 is 71.9 Å². The van der Waals surface area contributed by atoms with Crippen molar-refractivity contribution in [2.75, 3.05) is 13.4 Å². The van der Waals surface area contributed by atoms with Crippen LogP contribution in [0.5, 0.6) is 0 Å². The highest BCUT2D eigenvalue weighted by Gasteiger charge is 2.26. The molecule has 0 radical (unpaired) electrons. The molecule has 130 valence electrons. The van der Waals surface area contributed by atoms with Crippen molar-refractivity contribution in [2.45, 2.75) is 5.44 Å². The fraction of sp³-hybridized carbons (Fsp3) is 0.167. The first-order chi connectivity index (χ1) is 12.0. The van der Waals surface area contributed by atoms with Gasteiger partial charge in [0.2, 0.25) is 5.78 Å². The van der Waals surface area contributed by atoms with E-state index in [2.05, 4.69) is 36.8 Å². The van der Waals surface area contributed by atoms with Gasteiger partial charge in [-0.15, -0.1) is 11.8 Å². The molecule has 1 heterocycles. The van der Waals surface area contributed by atoms with Crippen molar-refractivity contribution in [1.29, 1.82) is 0 Å². The molecule has 0 saturated heterocycles. The lowest BCUT2D eigenvalue weighted by atomic mass is 10.0. The van der Waals surface area contributed by atoms with Crippen LogP contribution in [0.3, 0.4) is 0 Å². The minimum absolute atomic E-state index is 0.103. The molecular weight excluding hydrogens is 490 g/mol. The van der Waals surface area contributed by atoms with Gasteiger partial charge in [-0.05, 0) is 52.0 Å². The number of aromatic nitrogens is 1. The van der Waals surface area contributed by atoms with Crippen LogP contribution >= 0.6 is 55.2 Å². The average Bonchev–Trinajstić information content (AvgIpc) is 2.94. The third kappa shape index (κ3) is 3.69. The van der Waals surface area contributed by atoms with Crippen LogP contribution in [-0.4, -0.2) is 29.6 Å². The summed E-state index contributed by atoms with van der Waals surface area (Å²) in [5, 5.41) is 1.51. The lowest BCUT2D eigenvalue weighted by Crippen LogP contribution is -2.20. The zero-order valence-corrected chi connectivity index (χ0v) is 18.1. The van der Waals surface area contributed by atoms with Crippen LogP contribution in [0.4, 0.5) is 0 Å². The van der Waals surface area contributed by atoms with Crippen LogP contribution in [-0.2, 0) is 4.74 Å². The summed E-state index contributed by atoms with van der Waals surface area (Å²) >= 11 is 14.6. The summed E-state index contributed by atoms with van der Waals surface area (Å²) < 4.78 is 7.05. The lowest BCUT2D eigenvalue weighted by Gasteiger charge is -2.12. The average molecular weight is 504 g/mol. The summed E-state index contributed by atoms with van der Waals surface area (Å²) in [7, 11) is 1.54. The molecule has 3 aromatic rings. The van der Waals surface area contributed by atoms with E-state index < -0.39 is 5.44 Å². The summed E-state index contributed by atoms with van der Waals surface area (Å²) in [5.74, 6) is -0.103. The monoisotopic (exact) mass is 501 g/mol. The Morgan fingerprint density at radius 3 is 2.68 bits per heavy atom. The van der Waals surface area contributed by atoms with E-state index in [0.717, 1.165) is 31.0 Å². The third-order valence-corrected chi connectivity index (χ3v) is 6.37. The number of halogens is 3. The van der Waals surface area contributed by atoms with E-state index in [1.54, 1.807) is 0 Å². The molecule has 0 amide bonds. The van der Waals surface area contributed by atoms with E-state index >= 15 is 0 Å². The van der Waals surface area contributed by atoms with Gasteiger partial charge in [-0.3, -0.25) is 4.79 Å². The number of Topliss-reactive ketones (excluding diaryl/α,β-unsaturated/α-hetero) is 1. The van der Waals surface area contributed by atoms with Gasteiger partial charge in [0.1, 0.15) is 0 Å². The molecule has 7 heteroatoms. The number of ether oxygens (including phenoxy) is 1. The highest BCUT2D eigenvalue weighted by Crippen LogP contribution is 2.38. The van der Waals surface area contributed by atoms with Gasteiger partial charge in [-0.25, -0.2) is 0 Å². The third-order valence-electron chi connectivity index (χ3n) is 3.84. The maximum absolute atomic E-state index is 13.0. The molecule has 0 bridgehead atoms. The Kier molecular flexibility index (Phi) is 5.96. The number of thioether (sulfide) groups is 1. The van der Waals surface area contributed by atoms with Crippen LogP contribution in [0.25, 0.3) is 22.0 Å². The first-order valence-corrected chi connectivity index (χ1v) is 10.6. The molecule has 0 aliphatic heterocycles. The molecule has 0 aliphatic carbocycles. The van der Waals surface area contributed by atoms with Crippen molar-refractivity contribution in [3.8, 4) is 11.1 Å². The minimum atomic E-state index is -0.571. The molecule has 3 rings (SSSR count). The molecule has 25 heavy (non-hydrogen) atoms. The summed E-state index contributed by atoms with van der Waals surface area (Å²) in [5.41, 5.74) is 2.53. The van der Waals surface area contributed by atoms with Crippen LogP contribution in [0.1, 0.15) is 10.5 Å². The maximum atomic E-state index is 13.0. The van der Waals surface area contributed by atoms with Gasteiger partial charge in [-0.2, -0.15) is 0 Å². The van der Waals surface area contributed by atoms with Crippen molar-refractivity contribution < 1.29 is 9.53 Å². The molecule has 3 nitrogen and oxygen atoms in total. The Morgan fingerprint density at radius 2 is 2.04 bits per heavy atom. The Labute approximate surface area is 171 Å². The normalized spacial score (nSPS) is 12.5. The number of hydrogen-bond donors (Lipinski definition) is 1. The van der Waals surface area contributed by atoms with Crippen molar-refractivity contribution in [3.05, 3.63) is 56.1 Å². The number of H-pyrrole nitrogens is 1. The Balaban J connectivity index is 2.32. The van der Waals surface area contributed by atoms with Gasteiger partial charge in [0, 0.05) is 32.5 Å². The van der Waals surface area contributed by atoms with E-state index in [1.807, 2.05) is 42.7 Å². The van der Waals surface area contributed by atoms with Gasteiger partial charge in [-0.1, -0.05) is 39.7 Å². The number of aromatic amines is 1. The quantitative estimate of drug-likeness (QED) is 0.318. The molecule has 0 fully saturated rings. The highest BCUT2D eigenvalue weighted by atomic mass is 79.9. The number of hydrogen-bond acceptors (Lipinski definition) is 3. The largest absolute Gasteiger partial charge is 0.362 e. The molecule has 1 aromatic heterocycles. The van der Waals surface area contributed by atoms with Gasteiger partial charge < -0.3 is 9.72 Å². The zero-order chi connectivity index (χ0) is 18.1. The number of nitrogens with one attached hydrogen (secondary N) is 1. The number of ketones is 1. The number of fused-ring (bicyclic) bond motifs is 1. The van der Waals surface area contributed by atoms with Gasteiger partial charge in [0.05, 0.1) is 10.7 Å². The predicted molar refractivity (Wildman–Crippen MR) is 113 cm³/mol. The molecule has 0 spiro atoms. The smallest absolute Gasteiger partial charge is 0.218 e. The summed E-state index contributed by atoms with van der Waals surface area (Å²) in [6.45, 7) is 0. The number of carbonyl (C=O) groups is 1. The molecular formula is C18H14Br2ClNO2S. The molecule has 1 unspecified atom stereocenters. The Hall–Kier alpha value is -0.790. The van der Waals surface area contributed by atoms with Crippen LogP contribution in [0.2, 0.25) is 5.02 Å². The Morgan fingerprint density at radius 1 is 1.28 bits per heavy atom. The van der Waals surface area contributed by atoms with Gasteiger partial charge in [0.15, 0.2) is 5.44 Å². The predicted octanol–water partition coefficient (Wildman–Crippen LogP) is 6.53. The molecule has 0 aliphatic rings. The van der Waals surface area contributed by atoms with Crippen LogP contribution in [0.15, 0.2) is 45.3 Å². The number of rotatable bonds is 5. The number of benzene rings is 2. The molecule has 1 N–H and O–H groups in total. The van der Waals surface area contributed by atoms with E-state index in [0.29, 0.717) is 10.7 Å². The summed E-state index contributed by atoms with van der Waals surface area (Å²) in [6.07, 6.45) is 1.85. The topological polar surface area (TPSA) is 42.1 Å². The van der Waals surface area contributed by atoms with Crippen LogP contribution in [0, 0.1) is 0 Å². The first kappa shape index (κ1) is 19.0. The molecule has 2 aromatic carbocycles. The summed E-state index contributed by atoms with van der Waals surface area (Å²) in [6, 6.07) is 11.6. The van der Waals surface area contributed by atoms with Crippen LogP contribution < -0.4 is 0 Å². The van der Waals surface area contributed by atoms with Gasteiger partial charge >= 0.3 is 0 Å². The minimum Gasteiger partial charge on any atom is -0.362 e. The number of methoxy groups -OCH3 is 1. The van der Waals surface area contributed by atoms with E-state index in [4.69, 9.17) is 16.3 Å². The number of carbonyl (C=O) groups excluding carboxylic acids is 1. The van der Waals surface area contributed by atoms with E-state index in [9.17, 15) is 4.79 Å². The fourth-order valence-corrected chi connectivity index (χ4v) is 4.18. The second kappa shape index (κ2) is 7.84. The highest BCUT2D eigenvalue weighted by molar-refractivity contribution is 9.10. The van der Waals surface area contributed by atoms with Crippen molar-refractivity contribution in [1.82, 2.24) is 4.98 Å². The second-order valence-electron chi connectivity index (χ2n) is 5.36. The maximum Gasteiger partial charge on any atom is 0.218 e. The standard InChI is InChI=1S/C18H14Br2ClNO2S/c1-24-18(25-2)17(23)16-15(9-4-3-5-10(19)6-9)11-7-12(20)13(21)8-14(11)22-16/h3-8,18,22H,1-2H3. The molecule has 1 atom stereocenters. The van der Waals surface area contributed by atoms with E-state index in [-0.39, 0.29) is 5.78 Å². The Bertz CT molecular complexity index is 954. The van der Waals surface area contributed by atoms with E-state index in [1.165, 1.54) is 18.9 Å². The fourth-order valence-electron chi connectivity index (χ4n) is 2.75. The van der Waals surface area contributed by atoms with Crippen molar-refractivity contribution in [3.63, 3.8) is 0 Å².